The molecule has 0 radical (unpaired) electrons. The van der Waals surface area contributed by atoms with Gasteiger partial charge in [-0.15, -0.1) is 0 Å². The molecule has 14 heavy (non-hydrogen) atoms. The summed E-state index contributed by atoms with van der Waals surface area (Å²) >= 11 is 3.94. The molecule has 0 aliphatic carbocycles. The molecule has 0 spiro atoms. The Morgan fingerprint density at radius 1 is 1.57 bits per heavy atom. The van der Waals surface area contributed by atoms with Crippen molar-refractivity contribution in [2.24, 2.45) is 0 Å². The monoisotopic (exact) mass is 226 g/mol. The molecule has 0 saturated carbocycles. The molecule has 1 heterocycles. The van der Waals surface area contributed by atoms with Crippen LogP contribution in [-0.2, 0) is 9.47 Å². The summed E-state index contributed by atoms with van der Waals surface area (Å²) < 4.78 is 23.4. The first-order valence-corrected chi connectivity index (χ1v) is 5.13. The van der Waals surface area contributed by atoms with Gasteiger partial charge in [0.25, 0.3) is 0 Å². The van der Waals surface area contributed by atoms with Crippen molar-refractivity contribution in [3.05, 3.63) is 0 Å². The second-order valence-corrected chi connectivity index (χ2v) is 3.58. The molecular weight excluding hydrogens is 211 g/mol. The van der Waals surface area contributed by atoms with Crippen molar-refractivity contribution >= 4 is 12.6 Å². The van der Waals surface area contributed by atoms with Gasteiger partial charge in [-0.2, -0.15) is 12.6 Å². The number of aliphatic hydroxyl groups excluding tert-OH is 2. The van der Waals surface area contributed by atoms with E-state index in [4.69, 9.17) is 14.6 Å². The number of alkyl halides is 1. The van der Waals surface area contributed by atoms with E-state index in [1.807, 2.05) is 0 Å². The minimum atomic E-state index is -1.55. The quantitative estimate of drug-likeness (QED) is 0.578. The summed E-state index contributed by atoms with van der Waals surface area (Å²) in [5.74, 6) is 0.527. The number of hydrogen-bond acceptors (Lipinski definition) is 5. The molecule has 4 nitrogen and oxygen atoms in total. The van der Waals surface area contributed by atoms with Crippen LogP contribution in [0.5, 0.6) is 0 Å². The topological polar surface area (TPSA) is 58.9 Å². The van der Waals surface area contributed by atoms with Crippen molar-refractivity contribution in [3.63, 3.8) is 0 Å². The normalized spacial score (nSPS) is 38.6. The van der Waals surface area contributed by atoms with E-state index in [1.165, 1.54) is 0 Å². The van der Waals surface area contributed by atoms with Crippen LogP contribution in [0, 0.1) is 0 Å². The Labute approximate surface area is 87.4 Å². The SMILES string of the molecule is OC[C@H]1O[C@@H](OCCS)C[C@@H](O)[C@@H]1F. The van der Waals surface area contributed by atoms with Gasteiger partial charge in [0, 0.05) is 12.2 Å². The molecule has 0 aromatic heterocycles. The van der Waals surface area contributed by atoms with Crippen molar-refractivity contribution in [3.8, 4) is 0 Å². The van der Waals surface area contributed by atoms with Gasteiger partial charge in [0.15, 0.2) is 12.5 Å². The maximum Gasteiger partial charge on any atom is 0.160 e. The molecule has 1 rings (SSSR count). The number of thiol groups is 1. The second kappa shape index (κ2) is 5.87. The van der Waals surface area contributed by atoms with Crippen molar-refractivity contribution in [2.75, 3.05) is 19.0 Å². The fraction of sp³-hybridized carbons (Fsp3) is 1.00. The van der Waals surface area contributed by atoms with E-state index in [0.29, 0.717) is 12.4 Å². The van der Waals surface area contributed by atoms with Gasteiger partial charge in [0.05, 0.1) is 19.3 Å². The number of ether oxygens (including phenoxy) is 2. The van der Waals surface area contributed by atoms with E-state index in [2.05, 4.69) is 12.6 Å². The second-order valence-electron chi connectivity index (χ2n) is 3.13. The Balaban J connectivity index is 2.41. The third kappa shape index (κ3) is 3.06. The molecule has 0 bridgehead atoms. The summed E-state index contributed by atoms with van der Waals surface area (Å²) in [6.45, 7) is -0.0887. The summed E-state index contributed by atoms with van der Waals surface area (Å²) in [7, 11) is 0. The molecule has 1 saturated heterocycles. The van der Waals surface area contributed by atoms with Gasteiger partial charge in [-0.1, -0.05) is 0 Å². The summed E-state index contributed by atoms with van der Waals surface area (Å²) in [5.41, 5.74) is 0. The highest BCUT2D eigenvalue weighted by molar-refractivity contribution is 7.80. The highest BCUT2D eigenvalue weighted by Gasteiger charge is 2.38. The first-order chi connectivity index (χ1) is 6.69. The van der Waals surface area contributed by atoms with E-state index in [9.17, 15) is 9.50 Å². The summed E-state index contributed by atoms with van der Waals surface area (Å²) in [6, 6.07) is 0. The first-order valence-electron chi connectivity index (χ1n) is 4.50. The van der Waals surface area contributed by atoms with Crippen LogP contribution >= 0.6 is 12.6 Å². The Bertz CT molecular complexity index is 171. The summed E-state index contributed by atoms with van der Waals surface area (Å²) in [4.78, 5) is 0. The van der Waals surface area contributed by atoms with Crippen molar-refractivity contribution < 1.29 is 24.1 Å². The van der Waals surface area contributed by atoms with Gasteiger partial charge >= 0.3 is 0 Å². The fourth-order valence-electron chi connectivity index (χ4n) is 1.34. The van der Waals surface area contributed by atoms with Gasteiger partial charge in [-0.05, 0) is 0 Å². The van der Waals surface area contributed by atoms with Gasteiger partial charge in [0.2, 0.25) is 0 Å². The van der Waals surface area contributed by atoms with E-state index in [-0.39, 0.29) is 6.42 Å². The van der Waals surface area contributed by atoms with Crippen LogP contribution in [0.25, 0.3) is 0 Å². The molecule has 1 fully saturated rings. The van der Waals surface area contributed by atoms with E-state index >= 15 is 0 Å². The fourth-order valence-corrected chi connectivity index (χ4v) is 1.44. The Hall–Kier alpha value is 0.120. The maximum atomic E-state index is 13.1. The molecule has 6 heteroatoms. The Morgan fingerprint density at radius 2 is 2.29 bits per heavy atom. The molecule has 1 aliphatic heterocycles. The molecule has 0 amide bonds. The average Bonchev–Trinajstić information content (AvgIpc) is 2.19. The molecular formula is C8H15FO4S. The van der Waals surface area contributed by atoms with E-state index in [1.54, 1.807) is 0 Å². The smallest absolute Gasteiger partial charge is 0.160 e. The molecule has 84 valence electrons. The Morgan fingerprint density at radius 3 is 2.86 bits per heavy atom. The minimum absolute atomic E-state index is 0.0887. The lowest BCUT2D eigenvalue weighted by Gasteiger charge is -2.34. The third-order valence-corrected chi connectivity index (χ3v) is 2.24. The molecule has 4 atom stereocenters. The summed E-state index contributed by atoms with van der Waals surface area (Å²) in [5, 5.41) is 18.1. The predicted molar refractivity (Wildman–Crippen MR) is 51.1 cm³/mol. The first kappa shape index (κ1) is 12.2. The zero-order valence-electron chi connectivity index (χ0n) is 7.67. The van der Waals surface area contributed by atoms with Gasteiger partial charge < -0.3 is 19.7 Å². The lowest BCUT2D eigenvalue weighted by atomic mass is 10.0. The molecule has 2 N–H and O–H groups in total. The largest absolute Gasteiger partial charge is 0.394 e. The van der Waals surface area contributed by atoms with Crippen molar-refractivity contribution in [1.29, 1.82) is 0 Å². The highest BCUT2D eigenvalue weighted by atomic mass is 32.1. The van der Waals surface area contributed by atoms with Crippen LogP contribution in [-0.4, -0.2) is 53.8 Å². The lowest BCUT2D eigenvalue weighted by molar-refractivity contribution is -0.242. The van der Waals surface area contributed by atoms with Crippen molar-refractivity contribution in [2.45, 2.75) is 31.1 Å². The number of aliphatic hydroxyl groups is 2. The molecule has 0 aromatic rings. The van der Waals surface area contributed by atoms with Crippen LogP contribution in [0.15, 0.2) is 0 Å². The maximum absolute atomic E-state index is 13.1. The molecule has 0 unspecified atom stereocenters. The molecule has 1 aliphatic rings. The average molecular weight is 226 g/mol. The van der Waals surface area contributed by atoms with Crippen LogP contribution in [0.4, 0.5) is 4.39 Å². The van der Waals surface area contributed by atoms with Gasteiger partial charge in [0.1, 0.15) is 6.10 Å². The number of hydrogen-bond donors (Lipinski definition) is 3. The van der Waals surface area contributed by atoms with Crippen LogP contribution in [0.3, 0.4) is 0 Å². The van der Waals surface area contributed by atoms with Crippen LogP contribution in [0.2, 0.25) is 0 Å². The summed E-state index contributed by atoms with van der Waals surface area (Å²) in [6.07, 6.45) is -4.24. The zero-order valence-corrected chi connectivity index (χ0v) is 8.57. The molecule has 0 aromatic carbocycles. The number of halogens is 1. The van der Waals surface area contributed by atoms with E-state index < -0.39 is 31.3 Å². The predicted octanol–water partition coefficient (Wildman–Crippen LogP) is -0.261. The minimum Gasteiger partial charge on any atom is -0.394 e. The van der Waals surface area contributed by atoms with Gasteiger partial charge in [-0.25, -0.2) is 4.39 Å². The Kier molecular flexibility index (Phi) is 5.11. The van der Waals surface area contributed by atoms with Crippen molar-refractivity contribution in [1.82, 2.24) is 0 Å². The third-order valence-electron chi connectivity index (χ3n) is 2.06. The standard InChI is InChI=1S/C8H15FO4S/c9-8-5(11)3-7(12-1-2-14)13-6(8)4-10/h5-8,10-11,14H,1-4H2/t5-,6-,7-,8+/m1/s1. The van der Waals surface area contributed by atoms with E-state index in [0.717, 1.165) is 0 Å². The zero-order chi connectivity index (χ0) is 10.6. The van der Waals surface area contributed by atoms with Gasteiger partial charge in [-0.3, -0.25) is 0 Å². The lowest BCUT2D eigenvalue weighted by Crippen LogP contribution is -2.48. The van der Waals surface area contributed by atoms with Crippen LogP contribution in [0.1, 0.15) is 6.42 Å². The number of rotatable bonds is 4. The highest BCUT2D eigenvalue weighted by Crippen LogP contribution is 2.23. The van der Waals surface area contributed by atoms with Crippen LogP contribution < -0.4 is 0 Å².